The van der Waals surface area contributed by atoms with E-state index < -0.39 is 11.6 Å². The van der Waals surface area contributed by atoms with E-state index in [1.54, 1.807) is 12.1 Å². The molecule has 0 fully saturated rings. The van der Waals surface area contributed by atoms with Gasteiger partial charge < -0.3 is 14.4 Å². The number of carbonyl (C=O) groups is 1. The predicted octanol–water partition coefficient (Wildman–Crippen LogP) is 5.76. The average molecular weight is 498 g/mol. The number of benzene rings is 2. The van der Waals surface area contributed by atoms with Crippen molar-refractivity contribution < 1.29 is 18.9 Å². The highest BCUT2D eigenvalue weighted by Crippen LogP contribution is 2.34. The standard InChI is InChI=1S/C31H32N2O4/c1-5-32(6-2)24-14-9-21(10-15-24)30(22-11-16-25(17-12-22)33(7-3)8-4)27-20-29(34)37-28-19-23(31(35)36)13-18-26(27)28/h9-20H,5-8H2,1-4H3/p+1. The van der Waals surface area contributed by atoms with Crippen LogP contribution in [-0.2, 0) is 0 Å². The second-order valence-electron chi connectivity index (χ2n) is 8.81. The molecule has 4 rings (SSSR count). The topological polar surface area (TPSA) is 73.8 Å². The molecule has 0 atom stereocenters. The van der Waals surface area contributed by atoms with Gasteiger partial charge in [-0.3, -0.25) is 0 Å². The number of hydrogen-bond donors (Lipinski definition) is 1. The minimum atomic E-state index is -1.07. The van der Waals surface area contributed by atoms with E-state index in [2.05, 4.69) is 85.7 Å². The van der Waals surface area contributed by atoms with Crippen LogP contribution in [0.5, 0.6) is 0 Å². The van der Waals surface area contributed by atoms with Crippen LogP contribution in [0.1, 0.15) is 49.2 Å². The Balaban J connectivity index is 1.97. The summed E-state index contributed by atoms with van der Waals surface area (Å²) in [6, 6.07) is 14.5. The van der Waals surface area contributed by atoms with Crippen LogP contribution >= 0.6 is 0 Å². The Morgan fingerprint density at radius 3 is 2.05 bits per heavy atom. The number of rotatable bonds is 8. The van der Waals surface area contributed by atoms with Crippen LogP contribution in [0.3, 0.4) is 0 Å². The lowest BCUT2D eigenvalue weighted by Crippen LogP contribution is -2.21. The Morgan fingerprint density at radius 1 is 0.865 bits per heavy atom. The van der Waals surface area contributed by atoms with E-state index in [9.17, 15) is 14.7 Å². The van der Waals surface area contributed by atoms with E-state index in [4.69, 9.17) is 4.42 Å². The summed E-state index contributed by atoms with van der Waals surface area (Å²) < 4.78 is 7.71. The van der Waals surface area contributed by atoms with Gasteiger partial charge in [0.25, 0.3) is 0 Å². The van der Waals surface area contributed by atoms with Gasteiger partial charge in [0.2, 0.25) is 0 Å². The number of hydrogen-bond acceptors (Lipinski definition) is 4. The molecule has 0 radical (unpaired) electrons. The molecule has 1 aliphatic rings. The summed E-state index contributed by atoms with van der Waals surface area (Å²) >= 11 is 0. The zero-order chi connectivity index (χ0) is 26.5. The van der Waals surface area contributed by atoms with Gasteiger partial charge in [0.1, 0.15) is 18.7 Å². The predicted molar refractivity (Wildman–Crippen MR) is 150 cm³/mol. The molecule has 0 aliphatic heterocycles. The van der Waals surface area contributed by atoms with Crippen molar-refractivity contribution in [2.75, 3.05) is 31.1 Å². The highest BCUT2D eigenvalue weighted by molar-refractivity contribution is 6.05. The van der Waals surface area contributed by atoms with Crippen molar-refractivity contribution in [3.63, 3.8) is 0 Å². The largest absolute Gasteiger partial charge is 0.478 e. The maximum Gasteiger partial charge on any atom is 0.336 e. The number of allylic oxidation sites excluding steroid dienone is 5. The van der Waals surface area contributed by atoms with Gasteiger partial charge in [0, 0.05) is 47.9 Å². The van der Waals surface area contributed by atoms with Gasteiger partial charge in [-0.05, 0) is 86.9 Å². The quantitative estimate of drug-likeness (QED) is 0.316. The fraction of sp³-hybridized carbons (Fsp3) is 0.258. The fourth-order valence-electron chi connectivity index (χ4n) is 4.84. The summed E-state index contributed by atoms with van der Waals surface area (Å²) in [6.45, 7) is 12.2. The lowest BCUT2D eigenvalue weighted by molar-refractivity contribution is -0.519. The van der Waals surface area contributed by atoms with E-state index in [0.29, 0.717) is 10.9 Å². The molecule has 1 N–H and O–H groups in total. The van der Waals surface area contributed by atoms with E-state index in [1.807, 2.05) is 0 Å². The molecule has 1 aliphatic carbocycles. The molecule has 0 amide bonds. The first-order chi connectivity index (χ1) is 17.9. The van der Waals surface area contributed by atoms with Crippen LogP contribution in [0, 0.1) is 0 Å². The highest BCUT2D eigenvalue weighted by atomic mass is 16.4. The zero-order valence-electron chi connectivity index (χ0n) is 21.8. The van der Waals surface area contributed by atoms with Crippen molar-refractivity contribution in [1.29, 1.82) is 0 Å². The van der Waals surface area contributed by atoms with Crippen molar-refractivity contribution in [2.45, 2.75) is 27.7 Å². The third-order valence-electron chi connectivity index (χ3n) is 6.83. The van der Waals surface area contributed by atoms with Gasteiger partial charge >= 0.3 is 11.6 Å². The summed E-state index contributed by atoms with van der Waals surface area (Å²) in [6.07, 6.45) is 8.35. The molecule has 1 aromatic heterocycles. The monoisotopic (exact) mass is 497 g/mol. The molecule has 0 bridgehead atoms. The molecule has 3 aromatic rings. The van der Waals surface area contributed by atoms with E-state index in [-0.39, 0.29) is 11.1 Å². The van der Waals surface area contributed by atoms with Crippen LogP contribution in [0.25, 0.3) is 16.5 Å². The Morgan fingerprint density at radius 2 is 1.49 bits per heavy atom. The molecule has 6 heteroatoms. The average Bonchev–Trinajstić information content (AvgIpc) is 2.91. The maximum atomic E-state index is 12.7. The smallest absolute Gasteiger partial charge is 0.336 e. The van der Waals surface area contributed by atoms with Crippen molar-refractivity contribution in [2.24, 2.45) is 0 Å². The molecule has 2 aromatic carbocycles. The number of nitrogens with zero attached hydrogens (tertiary/aromatic N) is 2. The molecule has 190 valence electrons. The van der Waals surface area contributed by atoms with E-state index in [1.165, 1.54) is 12.1 Å². The zero-order valence-corrected chi connectivity index (χ0v) is 21.8. The molecule has 0 saturated heterocycles. The number of carboxylic acids is 1. The highest BCUT2D eigenvalue weighted by Gasteiger charge is 2.19. The van der Waals surface area contributed by atoms with Gasteiger partial charge in [-0.1, -0.05) is 12.1 Å². The van der Waals surface area contributed by atoms with Gasteiger partial charge in [-0.25, -0.2) is 14.2 Å². The second kappa shape index (κ2) is 11.2. The normalized spacial score (nSPS) is 12.8. The summed E-state index contributed by atoms with van der Waals surface area (Å²) in [5.41, 5.74) is 5.57. The molecule has 0 spiro atoms. The Kier molecular flexibility index (Phi) is 7.87. The van der Waals surface area contributed by atoms with Gasteiger partial charge in [-0.15, -0.1) is 0 Å². The first-order valence-electron chi connectivity index (χ1n) is 12.8. The Hall–Kier alpha value is -4.19. The molecular formula is C31H33N2O4+. The number of carboxylic acid groups (broad SMARTS) is 1. The van der Waals surface area contributed by atoms with Crippen LogP contribution in [0.15, 0.2) is 87.6 Å². The van der Waals surface area contributed by atoms with Crippen LogP contribution < -0.4 is 10.5 Å². The summed E-state index contributed by atoms with van der Waals surface area (Å²) in [5.74, 6) is -1.07. The molecular weight excluding hydrogens is 464 g/mol. The molecule has 0 unspecified atom stereocenters. The second-order valence-corrected chi connectivity index (χ2v) is 8.81. The van der Waals surface area contributed by atoms with E-state index >= 15 is 0 Å². The molecule has 37 heavy (non-hydrogen) atoms. The third-order valence-corrected chi connectivity index (χ3v) is 6.83. The van der Waals surface area contributed by atoms with Gasteiger partial charge in [-0.2, -0.15) is 0 Å². The Labute approximate surface area is 217 Å². The fourth-order valence-corrected chi connectivity index (χ4v) is 4.84. The van der Waals surface area contributed by atoms with Crippen LogP contribution in [0.2, 0.25) is 0 Å². The maximum absolute atomic E-state index is 12.7. The number of anilines is 1. The summed E-state index contributed by atoms with van der Waals surface area (Å²) in [7, 11) is 0. The first-order valence-corrected chi connectivity index (χ1v) is 12.8. The van der Waals surface area contributed by atoms with Crippen molar-refractivity contribution >= 4 is 33.9 Å². The van der Waals surface area contributed by atoms with Crippen LogP contribution in [-0.4, -0.2) is 47.5 Å². The molecule has 6 nitrogen and oxygen atoms in total. The van der Waals surface area contributed by atoms with Crippen molar-refractivity contribution in [3.05, 3.63) is 106 Å². The number of fused-ring (bicyclic) bond motifs is 1. The Bertz CT molecular complexity index is 1480. The molecule has 0 saturated carbocycles. The van der Waals surface area contributed by atoms with Crippen molar-refractivity contribution in [1.82, 2.24) is 0 Å². The van der Waals surface area contributed by atoms with Crippen molar-refractivity contribution in [3.8, 4) is 0 Å². The van der Waals surface area contributed by atoms with Gasteiger partial charge in [0.05, 0.1) is 5.56 Å². The minimum absolute atomic E-state index is 0.0708. The van der Waals surface area contributed by atoms with Crippen LogP contribution in [0.4, 0.5) is 5.69 Å². The first kappa shape index (κ1) is 25.9. The summed E-state index contributed by atoms with van der Waals surface area (Å²) in [4.78, 5) is 26.5. The third kappa shape index (κ3) is 5.33. The van der Waals surface area contributed by atoms with Gasteiger partial charge in [0.15, 0.2) is 5.71 Å². The SMILES string of the molecule is CCN(CC)c1ccc(C(=C2C=CC(=[N+](CC)CC)C=C2)c2cc(=O)oc3cc(C(=O)O)ccc23)cc1. The lowest BCUT2D eigenvalue weighted by Gasteiger charge is -2.22. The minimum Gasteiger partial charge on any atom is -0.478 e. The number of aromatic carboxylic acids is 1. The van der Waals surface area contributed by atoms with E-state index in [0.717, 1.165) is 54.3 Å². The molecule has 1 heterocycles. The summed E-state index contributed by atoms with van der Waals surface area (Å²) in [5, 5.41) is 10.1. The lowest BCUT2D eigenvalue weighted by atomic mass is 9.89.